The van der Waals surface area contributed by atoms with Gasteiger partial charge in [-0.1, -0.05) is 68.3 Å². The lowest BCUT2D eigenvalue weighted by Crippen LogP contribution is -2.64. The molecule has 4 N–H and O–H groups in total. The molecule has 0 saturated carbocycles. The first-order valence-electron chi connectivity index (χ1n) is 14.3. The lowest BCUT2D eigenvalue weighted by atomic mass is 9.78. The molecule has 5 rings (SSSR count). The Morgan fingerprint density at radius 3 is 2.52 bits per heavy atom. The Balaban J connectivity index is 1.53. The summed E-state index contributed by atoms with van der Waals surface area (Å²) in [6.45, 7) is 4.47. The summed E-state index contributed by atoms with van der Waals surface area (Å²) in [5, 5.41) is 7.64. The molecule has 0 bridgehead atoms. The molecule has 2 aromatic carbocycles. The SMILES string of the molecule is CCC(C)[C@H](NC(=O)C1(NC(=O)Cc2ccc(Cl)cc2)CCc2c(c3ccccc3n2Cc2cccnc2)C1)C(N)=O. The van der Waals surface area contributed by atoms with Crippen molar-refractivity contribution in [2.75, 3.05) is 0 Å². The van der Waals surface area contributed by atoms with Crippen molar-refractivity contribution in [3.05, 3.63) is 100 Å². The Morgan fingerprint density at radius 2 is 1.83 bits per heavy atom. The van der Waals surface area contributed by atoms with Crippen LogP contribution in [0.1, 0.15) is 49.1 Å². The van der Waals surface area contributed by atoms with Crippen molar-refractivity contribution in [1.82, 2.24) is 20.2 Å². The molecule has 42 heavy (non-hydrogen) atoms. The molecule has 9 heteroatoms. The number of nitrogens with zero attached hydrogens (tertiary/aromatic N) is 2. The molecule has 0 radical (unpaired) electrons. The smallest absolute Gasteiger partial charge is 0.246 e. The second-order valence-corrected chi connectivity index (χ2v) is 11.7. The van der Waals surface area contributed by atoms with E-state index in [0.29, 0.717) is 30.8 Å². The first-order valence-corrected chi connectivity index (χ1v) is 14.7. The highest BCUT2D eigenvalue weighted by Gasteiger charge is 2.45. The minimum atomic E-state index is -1.26. The number of nitrogens with one attached hydrogen (secondary N) is 2. The van der Waals surface area contributed by atoms with Gasteiger partial charge in [-0.05, 0) is 59.7 Å². The maximum absolute atomic E-state index is 14.2. The van der Waals surface area contributed by atoms with Crippen molar-refractivity contribution in [3.63, 3.8) is 0 Å². The van der Waals surface area contributed by atoms with Crippen LogP contribution in [0.3, 0.4) is 0 Å². The summed E-state index contributed by atoms with van der Waals surface area (Å²) in [5.74, 6) is -1.43. The van der Waals surface area contributed by atoms with E-state index in [0.717, 1.165) is 33.3 Å². The van der Waals surface area contributed by atoms with Crippen molar-refractivity contribution >= 4 is 40.2 Å². The largest absolute Gasteiger partial charge is 0.368 e. The van der Waals surface area contributed by atoms with Gasteiger partial charge in [0.1, 0.15) is 11.6 Å². The fourth-order valence-corrected chi connectivity index (χ4v) is 6.08. The summed E-state index contributed by atoms with van der Waals surface area (Å²) in [5.41, 5.74) is 9.52. The highest BCUT2D eigenvalue weighted by molar-refractivity contribution is 6.30. The Labute approximate surface area is 250 Å². The third-order valence-corrected chi connectivity index (χ3v) is 8.67. The van der Waals surface area contributed by atoms with Gasteiger partial charge in [0.25, 0.3) is 0 Å². The number of pyridine rings is 1. The standard InChI is InChI=1S/C33H36ClN5O3/c1-3-21(2)30(31(35)41)37-32(42)33(38-29(40)17-22-10-12-24(34)13-11-22)15-14-28-26(18-33)25-8-4-5-9-27(25)39(28)20-23-7-6-16-36-19-23/h4-13,16,19,21,30H,3,14-15,17-18,20H2,1-2H3,(H2,35,41)(H,37,42)(H,38,40)/t21?,30-,33?/m0/s1. The van der Waals surface area contributed by atoms with Crippen LogP contribution in [0.4, 0.5) is 0 Å². The molecule has 3 atom stereocenters. The molecule has 1 aliphatic rings. The van der Waals surface area contributed by atoms with Crippen molar-refractivity contribution < 1.29 is 14.4 Å². The highest BCUT2D eigenvalue weighted by atomic mass is 35.5. The number of nitrogens with two attached hydrogens (primary N) is 1. The Morgan fingerprint density at radius 1 is 1.07 bits per heavy atom. The number of benzene rings is 2. The number of hydrogen-bond donors (Lipinski definition) is 3. The number of para-hydroxylation sites is 1. The van der Waals surface area contributed by atoms with E-state index in [4.69, 9.17) is 17.3 Å². The number of rotatable bonds is 10. The van der Waals surface area contributed by atoms with E-state index in [1.54, 1.807) is 30.5 Å². The highest BCUT2D eigenvalue weighted by Crippen LogP contribution is 2.37. The topological polar surface area (TPSA) is 119 Å². The van der Waals surface area contributed by atoms with Gasteiger partial charge < -0.3 is 20.9 Å². The predicted molar refractivity (Wildman–Crippen MR) is 164 cm³/mol. The van der Waals surface area contributed by atoms with E-state index in [1.807, 2.05) is 44.3 Å². The predicted octanol–water partition coefficient (Wildman–Crippen LogP) is 4.34. The third kappa shape index (κ3) is 6.04. The molecule has 0 fully saturated rings. The molecule has 0 aliphatic heterocycles. The van der Waals surface area contributed by atoms with Gasteiger partial charge in [0.2, 0.25) is 17.7 Å². The Bertz CT molecular complexity index is 1600. The zero-order valence-electron chi connectivity index (χ0n) is 23.9. The van der Waals surface area contributed by atoms with Gasteiger partial charge in [-0.25, -0.2) is 0 Å². The number of fused-ring (bicyclic) bond motifs is 3. The maximum atomic E-state index is 14.2. The first kappa shape index (κ1) is 29.3. The minimum absolute atomic E-state index is 0.0897. The van der Waals surface area contributed by atoms with Crippen molar-refractivity contribution in [2.24, 2.45) is 11.7 Å². The Hall–Kier alpha value is -4.17. The number of halogens is 1. The molecular weight excluding hydrogens is 550 g/mol. The Kier molecular flexibility index (Phi) is 8.64. The van der Waals surface area contributed by atoms with Crippen LogP contribution in [-0.2, 0) is 40.2 Å². The van der Waals surface area contributed by atoms with Gasteiger partial charge in [0.15, 0.2) is 0 Å². The molecule has 2 unspecified atom stereocenters. The van der Waals surface area contributed by atoms with Crippen molar-refractivity contribution in [3.8, 4) is 0 Å². The second-order valence-electron chi connectivity index (χ2n) is 11.2. The molecule has 0 spiro atoms. The van der Waals surface area contributed by atoms with Crippen LogP contribution in [0.5, 0.6) is 0 Å². The summed E-state index contributed by atoms with van der Waals surface area (Å²) in [7, 11) is 0. The number of carbonyl (C=O) groups is 3. The van der Waals surface area contributed by atoms with Crippen molar-refractivity contribution in [2.45, 2.75) is 64.1 Å². The first-order chi connectivity index (χ1) is 20.2. The van der Waals surface area contributed by atoms with E-state index in [-0.39, 0.29) is 24.7 Å². The quantitative estimate of drug-likeness (QED) is 0.256. The zero-order chi connectivity index (χ0) is 29.9. The molecule has 2 aromatic heterocycles. The van der Waals surface area contributed by atoms with Gasteiger partial charge >= 0.3 is 0 Å². The van der Waals surface area contributed by atoms with Crippen LogP contribution in [-0.4, -0.2) is 38.9 Å². The monoisotopic (exact) mass is 585 g/mol. The number of hydrogen-bond acceptors (Lipinski definition) is 4. The summed E-state index contributed by atoms with van der Waals surface area (Å²) in [4.78, 5) is 44.3. The maximum Gasteiger partial charge on any atom is 0.246 e. The summed E-state index contributed by atoms with van der Waals surface area (Å²) in [6.07, 6.45) is 5.58. The average Bonchev–Trinajstić information content (AvgIpc) is 3.29. The molecule has 3 amide bonds. The van der Waals surface area contributed by atoms with E-state index in [9.17, 15) is 14.4 Å². The molecule has 4 aromatic rings. The summed E-state index contributed by atoms with van der Waals surface area (Å²) in [6, 6.07) is 18.3. The normalized spacial score (nSPS) is 17.7. The van der Waals surface area contributed by atoms with Crippen LogP contribution < -0.4 is 16.4 Å². The number of amides is 3. The fraction of sp³-hybridized carbons (Fsp3) is 0.333. The van der Waals surface area contributed by atoms with Crippen LogP contribution in [0, 0.1) is 5.92 Å². The van der Waals surface area contributed by atoms with Crippen LogP contribution >= 0.6 is 11.6 Å². The molecule has 1 aliphatic carbocycles. The number of primary amides is 1. The molecule has 0 saturated heterocycles. The van der Waals surface area contributed by atoms with E-state index < -0.39 is 23.4 Å². The van der Waals surface area contributed by atoms with Crippen LogP contribution in [0.15, 0.2) is 73.1 Å². The molecule has 2 heterocycles. The molecule has 8 nitrogen and oxygen atoms in total. The summed E-state index contributed by atoms with van der Waals surface area (Å²) >= 11 is 6.03. The third-order valence-electron chi connectivity index (χ3n) is 8.42. The van der Waals surface area contributed by atoms with Crippen LogP contribution in [0.25, 0.3) is 10.9 Å². The number of aromatic nitrogens is 2. The van der Waals surface area contributed by atoms with E-state index in [1.165, 1.54) is 0 Å². The van der Waals surface area contributed by atoms with Gasteiger partial charge in [-0.3, -0.25) is 19.4 Å². The lowest BCUT2D eigenvalue weighted by Gasteiger charge is -2.38. The van der Waals surface area contributed by atoms with Gasteiger partial charge in [-0.2, -0.15) is 0 Å². The van der Waals surface area contributed by atoms with Gasteiger partial charge in [-0.15, -0.1) is 0 Å². The second kappa shape index (κ2) is 12.4. The zero-order valence-corrected chi connectivity index (χ0v) is 24.7. The fourth-order valence-electron chi connectivity index (χ4n) is 5.95. The molecule has 218 valence electrons. The van der Waals surface area contributed by atoms with Gasteiger partial charge in [0.05, 0.1) is 6.42 Å². The number of carbonyl (C=O) groups excluding carboxylic acids is 3. The molecular formula is C33H36ClN5O3. The van der Waals surface area contributed by atoms with Crippen molar-refractivity contribution in [1.29, 1.82) is 0 Å². The lowest BCUT2D eigenvalue weighted by molar-refractivity contribution is -0.136. The van der Waals surface area contributed by atoms with Crippen LogP contribution in [0.2, 0.25) is 5.02 Å². The average molecular weight is 586 g/mol. The van der Waals surface area contributed by atoms with E-state index >= 15 is 0 Å². The summed E-state index contributed by atoms with van der Waals surface area (Å²) < 4.78 is 2.28. The van der Waals surface area contributed by atoms with Gasteiger partial charge in [0, 0.05) is 47.0 Å². The van der Waals surface area contributed by atoms with E-state index in [2.05, 4.69) is 32.3 Å². The minimum Gasteiger partial charge on any atom is -0.368 e.